The van der Waals surface area contributed by atoms with Crippen LogP contribution in [0.25, 0.3) is 0 Å². The van der Waals surface area contributed by atoms with Gasteiger partial charge in [-0.2, -0.15) is 0 Å². The summed E-state index contributed by atoms with van der Waals surface area (Å²) in [7, 11) is -3.29. The molecule has 33 heavy (non-hydrogen) atoms. The Morgan fingerprint density at radius 3 is 1.91 bits per heavy atom. The van der Waals surface area contributed by atoms with E-state index in [1.54, 1.807) is 0 Å². The van der Waals surface area contributed by atoms with Crippen molar-refractivity contribution in [3.63, 3.8) is 0 Å². The molecular weight excluding hydrogens is 427 g/mol. The maximum Gasteiger partial charge on any atom is 0.183 e. The standard InChI is InChI=1S/C28H31N2O2P/c1-28(2,33(32,24-16-8-4-9-17-24)25-18-10-5-11-19-25)26(31)27-29-20-12-15-23(29)21-30(27)22-13-6-3-7-14-22/h3-11,13-14,16-19,23,27H,12,15,20-21H2,1-2H3/t23-,27+/m0/s1. The first-order chi connectivity index (χ1) is 15.9. The SMILES string of the molecule is CC(C)(C(=O)[C@H]1N(c2ccccc2)C[C@@H]2CCCN21)P(=O)(c1ccccc1)c1ccccc1. The molecule has 0 aliphatic carbocycles. The minimum absolute atomic E-state index is 0.0341. The van der Waals surface area contributed by atoms with Gasteiger partial charge in [0, 0.05) is 35.4 Å². The van der Waals surface area contributed by atoms with E-state index in [4.69, 9.17) is 0 Å². The molecule has 5 heteroatoms. The fourth-order valence-corrected chi connectivity index (χ4v) is 8.78. The first-order valence-electron chi connectivity index (χ1n) is 11.8. The lowest BCUT2D eigenvalue weighted by molar-refractivity contribution is -0.125. The summed E-state index contributed by atoms with van der Waals surface area (Å²) in [5.41, 5.74) is 1.05. The summed E-state index contributed by atoms with van der Waals surface area (Å²) in [6.07, 6.45) is 1.80. The van der Waals surface area contributed by atoms with Gasteiger partial charge in [0.1, 0.15) is 6.17 Å². The molecule has 2 saturated heterocycles. The maximum absolute atomic E-state index is 15.1. The highest BCUT2D eigenvalue weighted by Gasteiger charge is 2.55. The summed E-state index contributed by atoms with van der Waals surface area (Å²) >= 11 is 0. The zero-order valence-corrected chi connectivity index (χ0v) is 20.2. The monoisotopic (exact) mass is 458 g/mol. The predicted molar refractivity (Wildman–Crippen MR) is 136 cm³/mol. The number of para-hydroxylation sites is 1. The van der Waals surface area contributed by atoms with E-state index in [2.05, 4.69) is 21.9 Å². The van der Waals surface area contributed by atoms with Crippen LogP contribution < -0.4 is 15.5 Å². The van der Waals surface area contributed by atoms with Crippen molar-refractivity contribution < 1.29 is 9.36 Å². The summed E-state index contributed by atoms with van der Waals surface area (Å²) in [6.45, 7) is 5.52. The molecule has 3 aromatic rings. The third-order valence-corrected chi connectivity index (χ3v) is 11.2. The van der Waals surface area contributed by atoms with Crippen molar-refractivity contribution >= 4 is 29.2 Å². The van der Waals surface area contributed by atoms with Crippen molar-refractivity contribution in [2.24, 2.45) is 0 Å². The van der Waals surface area contributed by atoms with Crippen molar-refractivity contribution in [3.05, 3.63) is 91.0 Å². The first kappa shape index (κ1) is 22.1. The maximum atomic E-state index is 15.1. The Bertz CT molecular complexity index is 1120. The van der Waals surface area contributed by atoms with Crippen molar-refractivity contribution in [1.29, 1.82) is 0 Å². The van der Waals surface area contributed by atoms with Gasteiger partial charge in [-0.05, 0) is 38.8 Å². The summed E-state index contributed by atoms with van der Waals surface area (Å²) in [5, 5.41) is 0.388. The molecule has 0 bridgehead atoms. The topological polar surface area (TPSA) is 40.6 Å². The zero-order chi connectivity index (χ0) is 23.1. The van der Waals surface area contributed by atoms with Crippen LogP contribution >= 0.6 is 7.14 Å². The van der Waals surface area contributed by atoms with Gasteiger partial charge in [-0.25, -0.2) is 0 Å². The number of carbonyl (C=O) groups is 1. The van der Waals surface area contributed by atoms with E-state index < -0.39 is 18.5 Å². The third kappa shape index (κ3) is 3.57. The Balaban J connectivity index is 1.62. The summed E-state index contributed by atoms with van der Waals surface area (Å²) in [6, 6.07) is 29.7. The molecule has 2 heterocycles. The molecule has 2 aliphatic heterocycles. The van der Waals surface area contributed by atoms with Gasteiger partial charge in [-0.3, -0.25) is 9.69 Å². The van der Waals surface area contributed by atoms with Crippen LogP contribution in [-0.4, -0.2) is 41.1 Å². The van der Waals surface area contributed by atoms with Gasteiger partial charge in [0.05, 0.1) is 5.16 Å². The third-order valence-electron chi connectivity index (χ3n) is 7.39. The Morgan fingerprint density at radius 2 is 1.36 bits per heavy atom. The van der Waals surface area contributed by atoms with E-state index in [9.17, 15) is 4.79 Å². The second-order valence-electron chi connectivity index (χ2n) is 9.60. The fourth-order valence-electron chi connectivity index (χ4n) is 5.58. The smallest absolute Gasteiger partial charge is 0.183 e. The van der Waals surface area contributed by atoms with Crippen molar-refractivity contribution in [3.8, 4) is 0 Å². The number of rotatable bonds is 6. The highest BCUT2D eigenvalue weighted by Crippen LogP contribution is 2.57. The Kier molecular flexibility index (Phi) is 5.76. The van der Waals surface area contributed by atoms with Crippen LogP contribution in [-0.2, 0) is 9.36 Å². The minimum atomic E-state index is -3.29. The normalized spacial score (nSPS) is 21.2. The lowest BCUT2D eigenvalue weighted by Gasteiger charge is -2.40. The largest absolute Gasteiger partial charge is 0.348 e. The minimum Gasteiger partial charge on any atom is -0.348 e. The molecule has 3 aromatic carbocycles. The van der Waals surface area contributed by atoms with Crippen LogP contribution in [0.15, 0.2) is 91.0 Å². The van der Waals surface area contributed by atoms with Gasteiger partial charge in [0.25, 0.3) is 0 Å². The molecule has 170 valence electrons. The average Bonchev–Trinajstić information content (AvgIpc) is 3.46. The second-order valence-corrected chi connectivity index (χ2v) is 13.0. The molecule has 0 radical (unpaired) electrons. The lowest BCUT2D eigenvalue weighted by Crippen LogP contribution is -2.54. The highest BCUT2D eigenvalue weighted by atomic mass is 31.2. The van der Waals surface area contributed by atoms with Gasteiger partial charge in [-0.1, -0.05) is 78.9 Å². The van der Waals surface area contributed by atoms with E-state index in [1.807, 2.05) is 92.7 Å². The van der Waals surface area contributed by atoms with E-state index in [0.717, 1.165) is 42.2 Å². The second kappa shape index (κ2) is 8.59. The van der Waals surface area contributed by atoms with E-state index in [0.29, 0.717) is 6.04 Å². The molecule has 0 spiro atoms. The average molecular weight is 459 g/mol. The van der Waals surface area contributed by atoms with Crippen LogP contribution in [0.3, 0.4) is 0 Å². The van der Waals surface area contributed by atoms with Gasteiger partial charge in [-0.15, -0.1) is 0 Å². The molecule has 4 nitrogen and oxygen atoms in total. The van der Waals surface area contributed by atoms with Crippen molar-refractivity contribution in [1.82, 2.24) is 4.90 Å². The number of ketones is 1. The quantitative estimate of drug-likeness (QED) is 0.504. The molecule has 0 N–H and O–H groups in total. The number of hydrogen-bond acceptors (Lipinski definition) is 4. The van der Waals surface area contributed by atoms with Crippen LogP contribution in [0.2, 0.25) is 0 Å². The van der Waals surface area contributed by atoms with Gasteiger partial charge in [0.2, 0.25) is 0 Å². The Labute approximate surface area is 196 Å². The van der Waals surface area contributed by atoms with Crippen LogP contribution in [0, 0.1) is 0 Å². The molecule has 0 amide bonds. The summed E-state index contributed by atoms with van der Waals surface area (Å²) in [5.74, 6) is 0.0341. The van der Waals surface area contributed by atoms with Gasteiger partial charge < -0.3 is 9.46 Å². The first-order valence-corrected chi connectivity index (χ1v) is 13.5. The lowest BCUT2D eigenvalue weighted by atomic mass is 10.0. The molecular formula is C28H31N2O2P. The number of anilines is 1. The zero-order valence-electron chi connectivity index (χ0n) is 19.3. The molecule has 2 aliphatic rings. The predicted octanol–water partition coefficient (Wildman–Crippen LogP) is 4.66. The Morgan fingerprint density at radius 1 is 0.848 bits per heavy atom. The fraction of sp³-hybridized carbons (Fsp3) is 0.321. The van der Waals surface area contributed by atoms with E-state index in [-0.39, 0.29) is 5.78 Å². The molecule has 0 aromatic heterocycles. The van der Waals surface area contributed by atoms with E-state index in [1.165, 1.54) is 0 Å². The van der Waals surface area contributed by atoms with Crippen LogP contribution in [0.5, 0.6) is 0 Å². The summed E-state index contributed by atoms with van der Waals surface area (Å²) in [4.78, 5) is 19.1. The molecule has 2 fully saturated rings. The van der Waals surface area contributed by atoms with Crippen LogP contribution in [0.1, 0.15) is 26.7 Å². The van der Waals surface area contributed by atoms with Gasteiger partial charge in [0.15, 0.2) is 12.9 Å². The molecule has 0 unspecified atom stereocenters. The van der Waals surface area contributed by atoms with Gasteiger partial charge >= 0.3 is 0 Å². The Hall–Kier alpha value is -2.68. The molecule has 0 saturated carbocycles. The number of carbonyl (C=O) groups excluding carboxylic acids is 1. The highest BCUT2D eigenvalue weighted by molar-refractivity contribution is 7.80. The van der Waals surface area contributed by atoms with E-state index >= 15 is 4.57 Å². The number of nitrogens with zero attached hydrogens (tertiary/aromatic N) is 2. The number of Topliss-reactive ketones (excluding diaryl/α,β-unsaturated/α-hetero) is 1. The summed E-state index contributed by atoms with van der Waals surface area (Å²) < 4.78 is 15.1. The number of fused-ring (bicyclic) bond motifs is 1. The number of benzene rings is 3. The van der Waals surface area contributed by atoms with Crippen LogP contribution in [0.4, 0.5) is 5.69 Å². The van der Waals surface area contributed by atoms with Crippen molar-refractivity contribution in [2.45, 2.75) is 44.1 Å². The number of hydrogen-bond donors (Lipinski definition) is 0. The molecule has 2 atom stereocenters. The van der Waals surface area contributed by atoms with Crippen molar-refractivity contribution in [2.75, 3.05) is 18.0 Å². The molecule has 5 rings (SSSR count).